The lowest BCUT2D eigenvalue weighted by Crippen LogP contribution is -2.58. The number of sulfonamides is 1. The summed E-state index contributed by atoms with van der Waals surface area (Å²) >= 11 is 0. The molecular weight excluding hydrogens is 266 g/mol. The van der Waals surface area contributed by atoms with Gasteiger partial charge in [-0.05, 0) is 12.8 Å². The van der Waals surface area contributed by atoms with Crippen LogP contribution in [0.1, 0.15) is 32.1 Å². The van der Waals surface area contributed by atoms with E-state index < -0.39 is 10.0 Å². The smallest absolute Gasteiger partial charge is 0.224 e. The van der Waals surface area contributed by atoms with Crippen LogP contribution in [0.4, 0.5) is 0 Å². The van der Waals surface area contributed by atoms with Crippen molar-refractivity contribution in [3.05, 3.63) is 0 Å². The van der Waals surface area contributed by atoms with Crippen molar-refractivity contribution < 1.29 is 13.2 Å². The zero-order valence-electron chi connectivity index (χ0n) is 11.0. The van der Waals surface area contributed by atoms with Crippen LogP contribution in [0.5, 0.6) is 0 Å². The first-order valence-corrected chi connectivity index (χ1v) is 8.62. The van der Waals surface area contributed by atoms with Crippen LogP contribution in [0.3, 0.4) is 0 Å². The van der Waals surface area contributed by atoms with E-state index in [1.807, 2.05) is 4.90 Å². The van der Waals surface area contributed by atoms with Crippen molar-refractivity contribution in [3.63, 3.8) is 0 Å². The van der Waals surface area contributed by atoms with Crippen LogP contribution in [0.15, 0.2) is 0 Å². The molecule has 0 radical (unpaired) electrons. The summed E-state index contributed by atoms with van der Waals surface area (Å²) in [6.07, 6.45) is 3.81. The number of nitrogens with one attached hydrogen (secondary N) is 2. The van der Waals surface area contributed by atoms with Gasteiger partial charge < -0.3 is 10.2 Å². The Morgan fingerprint density at radius 2 is 1.89 bits per heavy atom. The van der Waals surface area contributed by atoms with Crippen molar-refractivity contribution in [2.75, 3.05) is 19.6 Å². The number of carbonyl (C=O) groups excluding carboxylic acids is 1. The molecule has 0 spiro atoms. The summed E-state index contributed by atoms with van der Waals surface area (Å²) in [6.45, 7) is 2.18. The number of rotatable bonds is 4. The van der Waals surface area contributed by atoms with Crippen LogP contribution in [-0.2, 0) is 14.8 Å². The largest absolute Gasteiger partial charge is 0.335 e. The van der Waals surface area contributed by atoms with Crippen LogP contribution in [0.25, 0.3) is 0 Å². The summed E-state index contributed by atoms with van der Waals surface area (Å²) in [4.78, 5) is 13.7. The monoisotopic (exact) mass is 287 g/mol. The maximum Gasteiger partial charge on any atom is 0.224 e. The Bertz CT molecular complexity index is 455. The second-order valence-electron chi connectivity index (χ2n) is 5.83. The van der Waals surface area contributed by atoms with Gasteiger partial charge in [-0.1, -0.05) is 12.8 Å². The zero-order valence-corrected chi connectivity index (χ0v) is 11.8. The summed E-state index contributed by atoms with van der Waals surface area (Å²) in [5.41, 5.74) is 0. The summed E-state index contributed by atoms with van der Waals surface area (Å²) in [7, 11) is -3.25. The number of carbonyl (C=O) groups is 1. The van der Waals surface area contributed by atoms with Crippen molar-refractivity contribution in [1.29, 1.82) is 0 Å². The van der Waals surface area contributed by atoms with Crippen molar-refractivity contribution >= 4 is 15.9 Å². The van der Waals surface area contributed by atoms with E-state index in [2.05, 4.69) is 10.0 Å². The number of hydrogen-bond acceptors (Lipinski definition) is 4. The Morgan fingerprint density at radius 3 is 2.47 bits per heavy atom. The van der Waals surface area contributed by atoms with Gasteiger partial charge >= 0.3 is 0 Å². The zero-order chi connectivity index (χ0) is 13.5. The molecule has 3 fully saturated rings. The molecule has 1 unspecified atom stereocenters. The van der Waals surface area contributed by atoms with Crippen LogP contribution in [0, 0.1) is 0 Å². The van der Waals surface area contributed by atoms with Crippen molar-refractivity contribution in [2.24, 2.45) is 0 Å². The van der Waals surface area contributed by atoms with Gasteiger partial charge in [0.2, 0.25) is 15.9 Å². The van der Waals surface area contributed by atoms with Gasteiger partial charge in [0.15, 0.2) is 0 Å². The van der Waals surface area contributed by atoms with E-state index in [4.69, 9.17) is 0 Å². The minimum atomic E-state index is -3.25. The molecule has 0 aromatic rings. The molecule has 3 aliphatic rings. The third kappa shape index (κ3) is 2.64. The molecule has 0 aromatic heterocycles. The molecule has 0 aromatic carbocycles. The first kappa shape index (κ1) is 13.3. The number of hydrogen-bond donors (Lipinski definition) is 2. The van der Waals surface area contributed by atoms with E-state index in [1.165, 1.54) is 0 Å². The van der Waals surface area contributed by atoms with E-state index in [-0.39, 0.29) is 23.2 Å². The second-order valence-corrected chi connectivity index (χ2v) is 7.82. The average Bonchev–Trinajstić information content (AvgIpc) is 2.86. The quantitative estimate of drug-likeness (QED) is 0.725. The predicted octanol–water partition coefficient (Wildman–Crippen LogP) is -0.579. The lowest BCUT2D eigenvalue weighted by atomic mass is 10.1. The third-order valence-corrected chi connectivity index (χ3v) is 6.44. The molecule has 2 heterocycles. The molecule has 1 amide bonds. The molecule has 108 valence electrons. The van der Waals surface area contributed by atoms with Crippen LogP contribution >= 0.6 is 0 Å². The number of nitrogens with zero attached hydrogens (tertiary/aromatic N) is 1. The fourth-order valence-electron chi connectivity index (χ4n) is 3.18. The summed E-state index contributed by atoms with van der Waals surface area (Å²) in [5, 5.41) is 2.89. The van der Waals surface area contributed by atoms with Gasteiger partial charge in [0, 0.05) is 32.1 Å². The summed E-state index contributed by atoms with van der Waals surface area (Å²) in [6, 6.07) is 0.0205. The Hall–Kier alpha value is -0.660. The van der Waals surface area contributed by atoms with Crippen LogP contribution in [-0.4, -0.2) is 56.2 Å². The molecule has 1 aliphatic carbocycles. The van der Waals surface area contributed by atoms with Gasteiger partial charge in [0.05, 0.1) is 11.3 Å². The first-order chi connectivity index (χ1) is 9.06. The average molecular weight is 287 g/mol. The Morgan fingerprint density at radius 1 is 1.21 bits per heavy atom. The standard InChI is InChI=1S/C12H21N3O3S/c16-12-5-9(8-15(12)10-6-13-7-10)14-19(17,18)11-3-1-2-4-11/h9-11,13-14H,1-8H2. The molecule has 1 saturated carbocycles. The van der Waals surface area contributed by atoms with E-state index in [1.54, 1.807) is 0 Å². The molecule has 1 atom stereocenters. The molecule has 2 saturated heterocycles. The van der Waals surface area contributed by atoms with Crippen LogP contribution in [0.2, 0.25) is 0 Å². The normalized spacial score (nSPS) is 30.0. The second kappa shape index (κ2) is 5.03. The van der Waals surface area contributed by atoms with E-state index in [0.717, 1.165) is 38.8 Å². The number of amides is 1. The fraction of sp³-hybridized carbons (Fsp3) is 0.917. The van der Waals surface area contributed by atoms with Gasteiger partial charge in [0.25, 0.3) is 0 Å². The molecule has 3 rings (SSSR count). The lowest BCUT2D eigenvalue weighted by molar-refractivity contribution is -0.130. The topological polar surface area (TPSA) is 78.5 Å². The molecule has 2 N–H and O–H groups in total. The maximum absolute atomic E-state index is 12.2. The summed E-state index contributed by atoms with van der Waals surface area (Å²) < 4.78 is 27.2. The molecule has 2 aliphatic heterocycles. The minimum Gasteiger partial charge on any atom is -0.335 e. The predicted molar refractivity (Wildman–Crippen MR) is 71.1 cm³/mol. The SMILES string of the molecule is O=C1CC(NS(=O)(=O)C2CCCC2)CN1C1CNC1. The lowest BCUT2D eigenvalue weighted by Gasteiger charge is -2.35. The highest BCUT2D eigenvalue weighted by atomic mass is 32.2. The van der Waals surface area contributed by atoms with Crippen molar-refractivity contribution in [2.45, 2.75) is 49.4 Å². The van der Waals surface area contributed by atoms with Crippen molar-refractivity contribution in [1.82, 2.24) is 14.9 Å². The third-order valence-electron chi connectivity index (χ3n) is 4.43. The van der Waals surface area contributed by atoms with Crippen molar-refractivity contribution in [3.8, 4) is 0 Å². The Labute approximate surface area is 114 Å². The first-order valence-electron chi connectivity index (χ1n) is 7.07. The van der Waals surface area contributed by atoms with E-state index in [9.17, 15) is 13.2 Å². The highest BCUT2D eigenvalue weighted by Gasteiger charge is 2.39. The molecular formula is C12H21N3O3S. The van der Waals surface area contributed by atoms with Gasteiger partial charge in [-0.25, -0.2) is 13.1 Å². The van der Waals surface area contributed by atoms with Gasteiger partial charge in [-0.15, -0.1) is 0 Å². The van der Waals surface area contributed by atoms with E-state index >= 15 is 0 Å². The van der Waals surface area contributed by atoms with Crippen LogP contribution < -0.4 is 10.0 Å². The maximum atomic E-state index is 12.2. The molecule has 19 heavy (non-hydrogen) atoms. The Balaban J connectivity index is 1.60. The van der Waals surface area contributed by atoms with E-state index in [0.29, 0.717) is 13.0 Å². The van der Waals surface area contributed by atoms with Gasteiger partial charge in [-0.3, -0.25) is 4.79 Å². The molecule has 7 heteroatoms. The van der Waals surface area contributed by atoms with Gasteiger partial charge in [-0.2, -0.15) is 0 Å². The summed E-state index contributed by atoms with van der Waals surface area (Å²) in [5.74, 6) is 0.0746. The number of likely N-dealkylation sites (tertiary alicyclic amines) is 1. The van der Waals surface area contributed by atoms with Gasteiger partial charge in [0.1, 0.15) is 0 Å². The highest BCUT2D eigenvalue weighted by Crippen LogP contribution is 2.25. The Kier molecular flexibility index (Phi) is 3.53. The molecule has 6 nitrogen and oxygen atoms in total. The molecule has 0 bridgehead atoms. The highest BCUT2D eigenvalue weighted by molar-refractivity contribution is 7.90. The minimum absolute atomic E-state index is 0.0746. The fourth-order valence-corrected chi connectivity index (χ4v) is 4.95.